The zero-order chi connectivity index (χ0) is 16.8. The molecule has 1 aromatic rings. The van der Waals surface area contributed by atoms with Crippen LogP contribution >= 0.6 is 15.9 Å². The Morgan fingerprint density at radius 1 is 1.35 bits per heavy atom. The van der Waals surface area contributed by atoms with Crippen LogP contribution in [0, 0.1) is 0 Å². The number of aromatic nitrogens is 1. The van der Waals surface area contributed by atoms with Crippen LogP contribution in [-0.2, 0) is 14.9 Å². The summed E-state index contributed by atoms with van der Waals surface area (Å²) in [5.41, 5.74) is -0.170. The van der Waals surface area contributed by atoms with Gasteiger partial charge in [-0.1, -0.05) is 6.07 Å². The number of anilines is 1. The molecule has 124 valence electrons. The van der Waals surface area contributed by atoms with Crippen LogP contribution < -0.4 is 5.32 Å². The van der Waals surface area contributed by atoms with Crippen molar-refractivity contribution in [2.45, 2.75) is 44.6 Å². The molecule has 3 heterocycles. The first-order chi connectivity index (χ1) is 10.7. The van der Waals surface area contributed by atoms with Gasteiger partial charge in [0, 0.05) is 18.7 Å². The highest BCUT2D eigenvalue weighted by Gasteiger charge is 2.50. The van der Waals surface area contributed by atoms with Gasteiger partial charge in [0.05, 0.1) is 5.41 Å². The normalized spacial score (nSPS) is 19.5. The summed E-state index contributed by atoms with van der Waals surface area (Å²) in [7, 11) is 0. The van der Waals surface area contributed by atoms with Gasteiger partial charge in [-0.2, -0.15) is 0 Å². The topological polar surface area (TPSA) is 71.5 Å². The number of piperidine rings is 1. The first-order valence-corrected chi connectivity index (χ1v) is 8.47. The average Bonchev–Trinajstić information content (AvgIpc) is 2.70. The number of ether oxygens (including phenoxy) is 1. The van der Waals surface area contributed by atoms with E-state index in [0.717, 1.165) is 5.56 Å². The van der Waals surface area contributed by atoms with Gasteiger partial charge >= 0.3 is 6.09 Å². The predicted molar refractivity (Wildman–Crippen MR) is 89.3 cm³/mol. The number of rotatable bonds is 0. The molecule has 3 rings (SSSR count). The Labute approximate surface area is 143 Å². The summed E-state index contributed by atoms with van der Waals surface area (Å²) < 4.78 is 6.10. The van der Waals surface area contributed by atoms with Crippen LogP contribution in [0.3, 0.4) is 0 Å². The highest BCUT2D eigenvalue weighted by atomic mass is 79.9. The van der Waals surface area contributed by atoms with Crippen LogP contribution in [0.1, 0.15) is 39.2 Å². The largest absolute Gasteiger partial charge is 0.444 e. The lowest BCUT2D eigenvalue weighted by Crippen LogP contribution is -2.49. The van der Waals surface area contributed by atoms with Crippen LogP contribution in [0.2, 0.25) is 0 Å². The molecule has 1 aromatic heterocycles. The third kappa shape index (κ3) is 2.94. The van der Waals surface area contributed by atoms with Gasteiger partial charge in [0.25, 0.3) is 0 Å². The SMILES string of the molecule is CC(C)(C)OC(=O)N1CCC2(CC1)C(=O)Nc1nc(Br)ccc12. The monoisotopic (exact) mass is 381 g/mol. The lowest BCUT2D eigenvalue weighted by Gasteiger charge is -2.38. The summed E-state index contributed by atoms with van der Waals surface area (Å²) in [5.74, 6) is 0.594. The van der Waals surface area contributed by atoms with Gasteiger partial charge < -0.3 is 15.0 Å². The van der Waals surface area contributed by atoms with E-state index < -0.39 is 11.0 Å². The van der Waals surface area contributed by atoms with Crippen LogP contribution in [0.15, 0.2) is 16.7 Å². The fraction of sp³-hybridized carbons (Fsp3) is 0.562. The molecule has 0 aliphatic carbocycles. The third-order valence-corrected chi connectivity index (χ3v) is 4.75. The van der Waals surface area contributed by atoms with E-state index in [4.69, 9.17) is 4.74 Å². The number of fused-ring (bicyclic) bond motifs is 2. The number of amides is 2. The van der Waals surface area contributed by atoms with Gasteiger partial charge in [0.2, 0.25) is 5.91 Å². The maximum absolute atomic E-state index is 12.5. The maximum Gasteiger partial charge on any atom is 0.410 e. The Morgan fingerprint density at radius 3 is 2.61 bits per heavy atom. The molecular weight excluding hydrogens is 362 g/mol. The van der Waals surface area contributed by atoms with Crippen LogP contribution in [0.4, 0.5) is 10.6 Å². The Bertz CT molecular complexity index is 661. The fourth-order valence-electron chi connectivity index (χ4n) is 3.16. The second kappa shape index (κ2) is 5.47. The predicted octanol–water partition coefficient (Wildman–Crippen LogP) is 3.06. The Morgan fingerprint density at radius 2 is 2.00 bits per heavy atom. The number of nitrogens with zero attached hydrogens (tertiary/aromatic N) is 2. The Hall–Kier alpha value is -1.63. The van der Waals surface area contributed by atoms with E-state index in [-0.39, 0.29) is 12.0 Å². The van der Waals surface area contributed by atoms with E-state index >= 15 is 0 Å². The van der Waals surface area contributed by atoms with Gasteiger partial charge in [-0.25, -0.2) is 9.78 Å². The second-order valence-electron chi connectivity index (χ2n) is 7.03. The zero-order valence-corrected chi connectivity index (χ0v) is 15.1. The molecule has 1 N–H and O–H groups in total. The van der Waals surface area contributed by atoms with Crippen LogP contribution in [-0.4, -0.2) is 40.6 Å². The molecule has 2 amide bonds. The van der Waals surface area contributed by atoms with Gasteiger partial charge in [0.15, 0.2) is 0 Å². The molecule has 0 aromatic carbocycles. The average molecular weight is 382 g/mol. The van der Waals surface area contributed by atoms with Gasteiger partial charge in [-0.15, -0.1) is 0 Å². The van der Waals surface area contributed by atoms with E-state index in [1.807, 2.05) is 32.9 Å². The van der Waals surface area contributed by atoms with Crippen molar-refractivity contribution in [2.24, 2.45) is 0 Å². The molecule has 1 spiro atoms. The summed E-state index contributed by atoms with van der Waals surface area (Å²) in [6, 6.07) is 3.79. The van der Waals surface area contributed by atoms with E-state index in [9.17, 15) is 9.59 Å². The zero-order valence-electron chi connectivity index (χ0n) is 13.5. The minimum Gasteiger partial charge on any atom is -0.444 e. The summed E-state index contributed by atoms with van der Waals surface area (Å²) in [5, 5.41) is 2.87. The number of likely N-dealkylation sites (tertiary alicyclic amines) is 1. The highest BCUT2D eigenvalue weighted by molar-refractivity contribution is 9.10. The number of hydrogen-bond donors (Lipinski definition) is 1. The number of pyridine rings is 1. The molecule has 1 saturated heterocycles. The van der Waals surface area contributed by atoms with E-state index in [1.165, 1.54) is 0 Å². The summed E-state index contributed by atoms with van der Waals surface area (Å²) in [4.78, 5) is 30.7. The minimum atomic E-state index is -0.582. The smallest absolute Gasteiger partial charge is 0.410 e. The lowest BCUT2D eigenvalue weighted by molar-refractivity contribution is -0.122. The molecule has 1 fully saturated rings. The molecule has 2 aliphatic heterocycles. The van der Waals surface area contributed by atoms with E-state index in [2.05, 4.69) is 26.2 Å². The first kappa shape index (κ1) is 16.2. The van der Waals surface area contributed by atoms with Crippen molar-refractivity contribution >= 4 is 33.7 Å². The van der Waals surface area contributed by atoms with E-state index in [1.54, 1.807) is 4.90 Å². The van der Waals surface area contributed by atoms with Gasteiger partial charge in [0.1, 0.15) is 16.0 Å². The molecule has 23 heavy (non-hydrogen) atoms. The van der Waals surface area contributed by atoms with Gasteiger partial charge in [-0.3, -0.25) is 4.79 Å². The lowest BCUT2D eigenvalue weighted by atomic mass is 9.74. The Kier molecular flexibility index (Phi) is 3.86. The minimum absolute atomic E-state index is 0.0260. The van der Waals surface area contributed by atoms with Crippen molar-refractivity contribution in [3.05, 3.63) is 22.3 Å². The molecule has 0 radical (unpaired) electrons. The maximum atomic E-state index is 12.5. The molecule has 7 heteroatoms. The highest BCUT2D eigenvalue weighted by Crippen LogP contribution is 2.44. The summed E-state index contributed by atoms with van der Waals surface area (Å²) in [6.45, 7) is 6.54. The van der Waals surface area contributed by atoms with Crippen molar-refractivity contribution in [3.8, 4) is 0 Å². The van der Waals surface area contributed by atoms with Crippen molar-refractivity contribution < 1.29 is 14.3 Å². The van der Waals surface area contributed by atoms with Gasteiger partial charge in [-0.05, 0) is 55.6 Å². The molecule has 0 unspecified atom stereocenters. The number of carbonyl (C=O) groups excluding carboxylic acids is 2. The first-order valence-electron chi connectivity index (χ1n) is 7.68. The molecule has 2 aliphatic rings. The number of halogens is 1. The Balaban J connectivity index is 1.76. The molecule has 0 bridgehead atoms. The van der Waals surface area contributed by atoms with Crippen LogP contribution in [0.25, 0.3) is 0 Å². The second-order valence-corrected chi connectivity index (χ2v) is 7.85. The quantitative estimate of drug-likeness (QED) is 0.700. The third-order valence-electron chi connectivity index (χ3n) is 4.31. The number of hydrogen-bond acceptors (Lipinski definition) is 4. The van der Waals surface area contributed by atoms with E-state index in [0.29, 0.717) is 36.4 Å². The molecule has 0 saturated carbocycles. The molecular formula is C16H20BrN3O3. The summed E-state index contributed by atoms with van der Waals surface area (Å²) in [6.07, 6.45) is 0.836. The van der Waals surface area contributed by atoms with Crippen molar-refractivity contribution in [3.63, 3.8) is 0 Å². The number of nitrogens with one attached hydrogen (secondary N) is 1. The number of carbonyl (C=O) groups is 2. The van der Waals surface area contributed by atoms with Crippen molar-refractivity contribution in [1.29, 1.82) is 0 Å². The standard InChI is InChI=1S/C16H20BrN3O3/c1-15(2,3)23-14(22)20-8-6-16(7-9-20)10-4-5-11(17)18-12(10)19-13(16)21/h4-5H,6-9H2,1-3H3,(H,18,19,21). The molecule has 6 nitrogen and oxygen atoms in total. The van der Waals surface area contributed by atoms with Crippen LogP contribution in [0.5, 0.6) is 0 Å². The van der Waals surface area contributed by atoms with Crippen molar-refractivity contribution in [1.82, 2.24) is 9.88 Å². The fourth-order valence-corrected chi connectivity index (χ4v) is 3.47. The summed E-state index contributed by atoms with van der Waals surface area (Å²) >= 11 is 3.32. The molecule has 0 atom stereocenters. The van der Waals surface area contributed by atoms with Crippen molar-refractivity contribution in [2.75, 3.05) is 18.4 Å².